The van der Waals surface area contributed by atoms with Crippen molar-refractivity contribution in [2.75, 3.05) is 28.2 Å². The van der Waals surface area contributed by atoms with Gasteiger partial charge in [0.25, 0.3) is 0 Å². The molecule has 1 aliphatic heterocycles. The number of alkyl halides is 9. The Labute approximate surface area is 258 Å². The van der Waals surface area contributed by atoms with Gasteiger partial charge in [-0.2, -0.15) is 39.5 Å². The zero-order valence-electron chi connectivity index (χ0n) is 24.8. The number of hydrogen-bond acceptors (Lipinski definition) is 5. The minimum absolute atomic E-state index is 0.00703. The van der Waals surface area contributed by atoms with Crippen LogP contribution in [-0.2, 0) is 24.9 Å². The molecule has 2 atom stereocenters. The first-order valence-corrected chi connectivity index (χ1v) is 14.3. The molecule has 0 saturated heterocycles. The van der Waals surface area contributed by atoms with Crippen LogP contribution in [0, 0.1) is 0 Å². The summed E-state index contributed by atoms with van der Waals surface area (Å²) < 4.78 is 122. The molecular formula is C30H30F9N5O2. The lowest BCUT2D eigenvalue weighted by atomic mass is 9.89. The van der Waals surface area contributed by atoms with Crippen LogP contribution in [0.3, 0.4) is 0 Å². The summed E-state index contributed by atoms with van der Waals surface area (Å²) in [6.07, 6.45) is -15.0. The number of fused-ring (bicyclic) bond motifs is 1. The van der Waals surface area contributed by atoms with Crippen molar-refractivity contribution in [3.63, 3.8) is 0 Å². The monoisotopic (exact) mass is 663 g/mol. The van der Waals surface area contributed by atoms with E-state index in [9.17, 15) is 49.4 Å². The van der Waals surface area contributed by atoms with Gasteiger partial charge in [-0.3, -0.25) is 4.90 Å². The maximum Gasteiger partial charge on any atom is 0.416 e. The van der Waals surface area contributed by atoms with E-state index in [1.54, 1.807) is 25.7 Å². The van der Waals surface area contributed by atoms with Crippen molar-refractivity contribution in [3.05, 3.63) is 76.1 Å². The third-order valence-corrected chi connectivity index (χ3v) is 7.81. The van der Waals surface area contributed by atoms with E-state index < -0.39 is 59.8 Å². The molecule has 16 heteroatoms. The second-order valence-electron chi connectivity index (χ2n) is 10.7. The molecule has 250 valence electrons. The number of benzene rings is 2. The van der Waals surface area contributed by atoms with E-state index in [1.165, 1.54) is 6.20 Å². The fourth-order valence-electron chi connectivity index (χ4n) is 5.59. The maximum absolute atomic E-state index is 13.6. The minimum Gasteiger partial charge on any atom is -0.465 e. The highest BCUT2D eigenvalue weighted by molar-refractivity contribution is 5.89. The van der Waals surface area contributed by atoms with E-state index >= 15 is 0 Å². The molecule has 1 aromatic heterocycles. The van der Waals surface area contributed by atoms with E-state index in [4.69, 9.17) is 0 Å². The number of anilines is 3. The third-order valence-electron chi connectivity index (χ3n) is 7.81. The van der Waals surface area contributed by atoms with Gasteiger partial charge >= 0.3 is 24.6 Å². The summed E-state index contributed by atoms with van der Waals surface area (Å²) >= 11 is 0. The third kappa shape index (κ3) is 7.41. The fourth-order valence-corrected chi connectivity index (χ4v) is 5.59. The second kappa shape index (κ2) is 12.9. The van der Waals surface area contributed by atoms with Crippen molar-refractivity contribution in [1.29, 1.82) is 0 Å². The van der Waals surface area contributed by atoms with Crippen LogP contribution in [0.5, 0.6) is 0 Å². The SMILES string of the molecule is CC[C@@H]1C[C@H](Nc2ncc(N(CC)CC)c(Cc3cc(C(F)(F)F)cc(C(F)(F)F)c3)n2)c2cc(C(F)(F)F)ccc2N1C(=O)O. The predicted molar refractivity (Wildman–Crippen MR) is 152 cm³/mol. The molecule has 0 aliphatic carbocycles. The molecule has 4 rings (SSSR count). The van der Waals surface area contributed by atoms with E-state index in [1.807, 2.05) is 0 Å². The Morgan fingerprint density at radius 3 is 2.00 bits per heavy atom. The topological polar surface area (TPSA) is 81.6 Å². The number of halogens is 9. The first kappa shape index (κ1) is 34.6. The first-order chi connectivity index (χ1) is 21.4. The molecule has 0 spiro atoms. The van der Waals surface area contributed by atoms with Gasteiger partial charge in [0.2, 0.25) is 5.95 Å². The van der Waals surface area contributed by atoms with Crippen LogP contribution in [0.15, 0.2) is 42.6 Å². The molecule has 3 aromatic rings. The number of carboxylic acid groups (broad SMARTS) is 1. The van der Waals surface area contributed by atoms with E-state index in [-0.39, 0.29) is 40.9 Å². The summed E-state index contributed by atoms with van der Waals surface area (Å²) in [5.74, 6) is -0.152. The Morgan fingerprint density at radius 2 is 1.50 bits per heavy atom. The standard InChI is InChI=1S/C30H30F9N5O2/c1-4-20-14-22(21-13-17(28(31,32)33)7-8-24(21)44(20)27(45)46)41-26-40-15-25(43(5-2)6-3)23(42-26)11-16-9-18(29(34,35)36)12-19(10-16)30(37,38)39/h7-10,12-13,15,20,22H,4-6,11,14H2,1-3H3,(H,45,46)(H,40,41,42)/t20-,22+/m1/s1. The van der Waals surface area contributed by atoms with Crippen LogP contribution in [0.4, 0.5) is 61.6 Å². The van der Waals surface area contributed by atoms with Crippen LogP contribution in [0.1, 0.15) is 73.2 Å². The zero-order valence-corrected chi connectivity index (χ0v) is 24.8. The van der Waals surface area contributed by atoms with E-state index in [0.717, 1.165) is 23.1 Å². The number of nitrogens with one attached hydrogen (secondary N) is 1. The largest absolute Gasteiger partial charge is 0.465 e. The normalized spacial score (nSPS) is 17.1. The van der Waals surface area contributed by atoms with Crippen molar-refractivity contribution in [2.24, 2.45) is 0 Å². The van der Waals surface area contributed by atoms with Crippen LogP contribution in [-0.4, -0.2) is 40.3 Å². The number of amides is 1. The molecule has 0 fully saturated rings. The highest BCUT2D eigenvalue weighted by atomic mass is 19.4. The van der Waals surface area contributed by atoms with Crippen molar-refractivity contribution < 1.29 is 49.4 Å². The molecular weight excluding hydrogens is 633 g/mol. The lowest BCUT2D eigenvalue weighted by Crippen LogP contribution is -2.45. The second-order valence-corrected chi connectivity index (χ2v) is 10.7. The maximum atomic E-state index is 13.6. The fraction of sp³-hybridized carbons (Fsp3) is 0.433. The number of aromatic nitrogens is 2. The average Bonchev–Trinajstić information content (AvgIpc) is 2.96. The van der Waals surface area contributed by atoms with Gasteiger partial charge in [0.05, 0.1) is 46.0 Å². The van der Waals surface area contributed by atoms with Gasteiger partial charge in [-0.25, -0.2) is 14.8 Å². The summed E-state index contributed by atoms with van der Waals surface area (Å²) in [7, 11) is 0. The van der Waals surface area contributed by atoms with Gasteiger partial charge in [-0.05, 0) is 74.2 Å². The molecule has 1 aliphatic rings. The van der Waals surface area contributed by atoms with Crippen LogP contribution in [0.25, 0.3) is 0 Å². The van der Waals surface area contributed by atoms with E-state index in [0.29, 0.717) is 37.3 Å². The lowest BCUT2D eigenvalue weighted by molar-refractivity contribution is -0.143. The highest BCUT2D eigenvalue weighted by Gasteiger charge is 2.40. The van der Waals surface area contributed by atoms with Crippen molar-refractivity contribution in [2.45, 2.75) is 70.6 Å². The summed E-state index contributed by atoms with van der Waals surface area (Å²) in [6, 6.07) is 2.38. The van der Waals surface area contributed by atoms with Crippen LogP contribution >= 0.6 is 0 Å². The summed E-state index contributed by atoms with van der Waals surface area (Å²) in [6.45, 7) is 6.07. The molecule has 7 nitrogen and oxygen atoms in total. The van der Waals surface area contributed by atoms with Crippen molar-refractivity contribution in [1.82, 2.24) is 9.97 Å². The van der Waals surface area contributed by atoms with E-state index in [2.05, 4.69) is 15.3 Å². The minimum atomic E-state index is -5.06. The Bertz CT molecular complexity index is 1540. The molecule has 2 heterocycles. The summed E-state index contributed by atoms with van der Waals surface area (Å²) in [5.41, 5.74) is -3.85. The number of hydrogen-bond donors (Lipinski definition) is 2. The summed E-state index contributed by atoms with van der Waals surface area (Å²) in [4.78, 5) is 23.6. The predicted octanol–water partition coefficient (Wildman–Crippen LogP) is 8.79. The molecule has 0 radical (unpaired) electrons. The Balaban J connectivity index is 1.82. The van der Waals surface area contributed by atoms with Gasteiger partial charge in [0.15, 0.2) is 0 Å². The van der Waals surface area contributed by atoms with Crippen molar-refractivity contribution >= 4 is 23.4 Å². The molecule has 0 saturated carbocycles. The van der Waals surface area contributed by atoms with Crippen LogP contribution < -0.4 is 15.1 Å². The first-order valence-electron chi connectivity index (χ1n) is 14.3. The lowest BCUT2D eigenvalue weighted by Gasteiger charge is -2.39. The summed E-state index contributed by atoms with van der Waals surface area (Å²) in [5, 5.41) is 12.8. The van der Waals surface area contributed by atoms with Gasteiger partial charge in [0, 0.05) is 25.6 Å². The quantitative estimate of drug-likeness (QED) is 0.235. The molecule has 1 amide bonds. The van der Waals surface area contributed by atoms with Gasteiger partial charge < -0.3 is 15.3 Å². The van der Waals surface area contributed by atoms with Crippen LogP contribution in [0.2, 0.25) is 0 Å². The Morgan fingerprint density at radius 1 is 0.913 bits per heavy atom. The van der Waals surface area contributed by atoms with Gasteiger partial charge in [-0.15, -0.1) is 0 Å². The molecule has 0 unspecified atom stereocenters. The Kier molecular flexibility index (Phi) is 9.69. The van der Waals surface area contributed by atoms with Gasteiger partial charge in [0.1, 0.15) is 0 Å². The molecule has 2 aromatic carbocycles. The Hall–Kier alpha value is -4.24. The molecule has 2 N–H and O–H groups in total. The average molecular weight is 664 g/mol. The van der Waals surface area contributed by atoms with Crippen molar-refractivity contribution in [3.8, 4) is 0 Å². The smallest absolute Gasteiger partial charge is 0.416 e. The molecule has 0 bridgehead atoms. The number of carbonyl (C=O) groups is 1. The number of rotatable bonds is 8. The zero-order chi connectivity index (χ0) is 34.2. The molecule has 46 heavy (non-hydrogen) atoms. The highest BCUT2D eigenvalue weighted by Crippen LogP contribution is 2.43. The number of nitrogens with zero attached hydrogens (tertiary/aromatic N) is 4. The van der Waals surface area contributed by atoms with Gasteiger partial charge in [-0.1, -0.05) is 6.92 Å².